The third-order valence-electron chi connectivity index (χ3n) is 5.45. The summed E-state index contributed by atoms with van der Waals surface area (Å²) < 4.78 is 7.46. The van der Waals surface area contributed by atoms with Crippen LogP contribution in [0, 0.1) is 0 Å². The van der Waals surface area contributed by atoms with E-state index in [4.69, 9.17) is 4.74 Å². The Morgan fingerprint density at radius 2 is 1.71 bits per heavy atom. The number of carbonyl (C=O) groups is 2. The van der Waals surface area contributed by atoms with Gasteiger partial charge in [-0.05, 0) is 54.7 Å². The van der Waals surface area contributed by atoms with E-state index in [1.54, 1.807) is 0 Å². The van der Waals surface area contributed by atoms with Crippen molar-refractivity contribution >= 4 is 29.3 Å². The van der Waals surface area contributed by atoms with Crippen LogP contribution in [-0.2, 0) is 29.1 Å². The molecule has 0 unspecified atom stereocenters. The van der Waals surface area contributed by atoms with Gasteiger partial charge in [0, 0.05) is 12.2 Å². The summed E-state index contributed by atoms with van der Waals surface area (Å²) in [6, 6.07) is 15.6. The number of ether oxygens (including phenoxy) is 1. The first-order chi connectivity index (χ1) is 16.9. The van der Waals surface area contributed by atoms with Gasteiger partial charge in [-0.1, -0.05) is 56.8 Å². The molecule has 2 N–H and O–H groups in total. The summed E-state index contributed by atoms with van der Waals surface area (Å²) in [4.78, 5) is 24.6. The molecule has 2 amide bonds. The smallest absolute Gasteiger partial charge is 0.258 e. The fourth-order valence-electron chi connectivity index (χ4n) is 3.35. The lowest BCUT2D eigenvalue weighted by atomic mass is 10.0. The third-order valence-corrected chi connectivity index (χ3v) is 6.42. The zero-order valence-electron chi connectivity index (χ0n) is 20.7. The number of benzene rings is 2. The molecule has 0 aliphatic heterocycles. The van der Waals surface area contributed by atoms with Gasteiger partial charge in [0.15, 0.2) is 17.6 Å². The molecule has 0 bridgehead atoms. The maximum Gasteiger partial charge on any atom is 0.258 e. The number of aryl methyl sites for hydroxylation is 1. The van der Waals surface area contributed by atoms with Gasteiger partial charge >= 0.3 is 0 Å². The van der Waals surface area contributed by atoms with Gasteiger partial charge in [0.1, 0.15) is 5.75 Å². The lowest BCUT2D eigenvalue weighted by Gasteiger charge is -2.10. The normalized spacial score (nSPS) is 10.9. The summed E-state index contributed by atoms with van der Waals surface area (Å²) in [6.07, 6.45) is 0.957. The fourth-order valence-corrected chi connectivity index (χ4v) is 4.17. The molecule has 0 saturated heterocycles. The zero-order chi connectivity index (χ0) is 25.2. The van der Waals surface area contributed by atoms with Crippen LogP contribution in [0.5, 0.6) is 5.75 Å². The monoisotopic (exact) mass is 495 g/mol. The van der Waals surface area contributed by atoms with Crippen LogP contribution in [0.25, 0.3) is 0 Å². The average molecular weight is 496 g/mol. The lowest BCUT2D eigenvalue weighted by Crippen LogP contribution is -2.29. The van der Waals surface area contributed by atoms with E-state index in [1.807, 2.05) is 60.0 Å². The van der Waals surface area contributed by atoms with Crippen molar-refractivity contribution in [1.29, 1.82) is 0 Å². The highest BCUT2D eigenvalue weighted by Gasteiger charge is 2.14. The third kappa shape index (κ3) is 7.85. The van der Waals surface area contributed by atoms with Crippen molar-refractivity contribution < 1.29 is 14.3 Å². The van der Waals surface area contributed by atoms with Crippen molar-refractivity contribution in [3.63, 3.8) is 0 Å². The molecule has 3 rings (SSSR count). The predicted molar refractivity (Wildman–Crippen MR) is 139 cm³/mol. The number of thioether (sulfide) groups is 1. The quantitative estimate of drug-likeness (QED) is 0.361. The number of nitrogens with one attached hydrogen (secondary N) is 2. The first-order valence-electron chi connectivity index (χ1n) is 11.8. The van der Waals surface area contributed by atoms with Gasteiger partial charge in [0.2, 0.25) is 5.91 Å². The number of hydrogen-bond donors (Lipinski definition) is 2. The van der Waals surface area contributed by atoms with Crippen molar-refractivity contribution in [2.24, 2.45) is 0 Å². The lowest BCUT2D eigenvalue weighted by molar-refractivity contribution is -0.123. The Bertz CT molecular complexity index is 1110. The Kier molecular flexibility index (Phi) is 9.72. The van der Waals surface area contributed by atoms with Gasteiger partial charge in [-0.15, -0.1) is 10.2 Å². The summed E-state index contributed by atoms with van der Waals surface area (Å²) in [7, 11) is 0. The summed E-state index contributed by atoms with van der Waals surface area (Å²) >= 11 is 1.31. The van der Waals surface area contributed by atoms with E-state index >= 15 is 0 Å². The number of amides is 2. The highest BCUT2D eigenvalue weighted by atomic mass is 32.2. The minimum atomic E-state index is -0.244. The van der Waals surface area contributed by atoms with Gasteiger partial charge in [-0.3, -0.25) is 9.59 Å². The van der Waals surface area contributed by atoms with Crippen LogP contribution in [0.15, 0.2) is 53.7 Å². The predicted octanol–water partition coefficient (Wildman–Crippen LogP) is 4.41. The molecule has 0 aliphatic carbocycles. The molecule has 1 aromatic heterocycles. The Hall–Kier alpha value is -3.33. The van der Waals surface area contributed by atoms with E-state index in [2.05, 4.69) is 41.6 Å². The topological polar surface area (TPSA) is 98.1 Å². The molecular formula is C26H33N5O3S. The maximum atomic E-state index is 12.3. The molecule has 9 heteroatoms. The first-order valence-corrected chi connectivity index (χ1v) is 12.8. The molecule has 0 atom stereocenters. The summed E-state index contributed by atoms with van der Waals surface area (Å²) in [5.74, 6) is 1.58. The van der Waals surface area contributed by atoms with E-state index in [0.29, 0.717) is 29.2 Å². The Morgan fingerprint density at radius 3 is 2.34 bits per heavy atom. The zero-order valence-corrected chi connectivity index (χ0v) is 21.5. The molecule has 0 spiro atoms. The summed E-state index contributed by atoms with van der Waals surface area (Å²) in [5, 5.41) is 14.7. The number of rotatable bonds is 12. The van der Waals surface area contributed by atoms with Crippen LogP contribution in [-0.4, -0.2) is 38.9 Å². The van der Waals surface area contributed by atoms with Gasteiger partial charge in [0.25, 0.3) is 5.91 Å². The van der Waals surface area contributed by atoms with Crippen LogP contribution in [0.2, 0.25) is 0 Å². The molecule has 186 valence electrons. The van der Waals surface area contributed by atoms with Crippen molar-refractivity contribution in [3.8, 4) is 5.75 Å². The highest BCUT2D eigenvalue weighted by Crippen LogP contribution is 2.19. The van der Waals surface area contributed by atoms with Crippen LogP contribution in [0.3, 0.4) is 0 Å². The Balaban J connectivity index is 1.45. The van der Waals surface area contributed by atoms with Crippen molar-refractivity contribution in [1.82, 2.24) is 20.1 Å². The van der Waals surface area contributed by atoms with Crippen LogP contribution >= 0.6 is 11.8 Å². The number of carbonyl (C=O) groups excluding carboxylic acids is 2. The van der Waals surface area contributed by atoms with Crippen LogP contribution in [0.1, 0.15) is 50.6 Å². The number of nitrogens with zero attached hydrogens (tertiary/aromatic N) is 3. The molecule has 0 saturated carbocycles. The summed E-state index contributed by atoms with van der Waals surface area (Å²) in [5.41, 5.74) is 3.21. The van der Waals surface area contributed by atoms with Crippen molar-refractivity contribution in [2.75, 3.05) is 17.7 Å². The molecule has 0 aliphatic rings. The number of hydrogen-bond acceptors (Lipinski definition) is 6. The van der Waals surface area contributed by atoms with Gasteiger partial charge in [0.05, 0.1) is 12.3 Å². The molecule has 35 heavy (non-hydrogen) atoms. The molecule has 0 radical (unpaired) electrons. The van der Waals surface area contributed by atoms with E-state index in [9.17, 15) is 9.59 Å². The van der Waals surface area contributed by atoms with Gasteiger partial charge in [-0.25, -0.2) is 0 Å². The molecule has 0 fully saturated rings. The van der Waals surface area contributed by atoms with Gasteiger partial charge < -0.3 is 19.9 Å². The molecule has 3 aromatic rings. The minimum absolute atomic E-state index is 0.0811. The van der Waals surface area contributed by atoms with E-state index in [-0.39, 0.29) is 30.7 Å². The van der Waals surface area contributed by atoms with Crippen molar-refractivity contribution in [3.05, 3.63) is 65.5 Å². The van der Waals surface area contributed by atoms with E-state index < -0.39 is 0 Å². The minimum Gasteiger partial charge on any atom is -0.484 e. The van der Waals surface area contributed by atoms with Crippen molar-refractivity contribution in [2.45, 2.75) is 58.3 Å². The largest absolute Gasteiger partial charge is 0.484 e. The second-order valence-electron chi connectivity index (χ2n) is 8.32. The molecule has 8 nitrogen and oxygen atoms in total. The second-order valence-corrected chi connectivity index (χ2v) is 9.26. The first kappa shape index (κ1) is 26.3. The number of aromatic nitrogens is 3. The van der Waals surface area contributed by atoms with E-state index in [0.717, 1.165) is 12.1 Å². The molecular weight excluding hydrogens is 462 g/mol. The van der Waals surface area contributed by atoms with Crippen LogP contribution < -0.4 is 15.4 Å². The standard InChI is InChI=1S/C26H33N5O3S/c1-5-19-7-11-21(12-8-19)28-25(33)17-35-26-30-29-23(31(26)6-2)15-27-24(32)16-34-22-13-9-20(10-14-22)18(3)4/h7-14,18H,5-6,15-17H2,1-4H3,(H,27,32)(H,28,33). The summed E-state index contributed by atoms with van der Waals surface area (Å²) in [6.45, 7) is 9.09. The maximum absolute atomic E-state index is 12.3. The SMILES string of the molecule is CCc1ccc(NC(=O)CSc2nnc(CNC(=O)COc3ccc(C(C)C)cc3)n2CC)cc1. The second kappa shape index (κ2) is 12.9. The molecule has 1 heterocycles. The van der Waals surface area contributed by atoms with Gasteiger partial charge in [-0.2, -0.15) is 0 Å². The number of anilines is 1. The average Bonchev–Trinajstić information content (AvgIpc) is 3.27. The van der Waals surface area contributed by atoms with Crippen LogP contribution in [0.4, 0.5) is 5.69 Å². The van der Waals surface area contributed by atoms with E-state index in [1.165, 1.54) is 22.9 Å². The Morgan fingerprint density at radius 1 is 1.00 bits per heavy atom. The Labute approximate surface area is 210 Å². The highest BCUT2D eigenvalue weighted by molar-refractivity contribution is 7.99. The molecule has 2 aromatic carbocycles. The fraction of sp³-hybridized carbons (Fsp3) is 0.385.